The normalized spacial score (nSPS) is 25.8. The maximum absolute atomic E-state index is 11.8. The predicted molar refractivity (Wildman–Crippen MR) is 107 cm³/mol. The van der Waals surface area contributed by atoms with Crippen LogP contribution < -0.4 is 5.32 Å². The molecule has 1 amide bonds. The van der Waals surface area contributed by atoms with Crippen LogP contribution >= 0.6 is 0 Å². The number of hydrogen-bond donors (Lipinski definition) is 1. The lowest BCUT2D eigenvalue weighted by molar-refractivity contribution is -0.126. The average Bonchev–Trinajstić information content (AvgIpc) is 2.60. The van der Waals surface area contributed by atoms with Gasteiger partial charge in [0.05, 0.1) is 0 Å². The second-order valence-electron chi connectivity index (χ2n) is 9.58. The lowest BCUT2D eigenvalue weighted by Crippen LogP contribution is -2.56. The van der Waals surface area contributed by atoms with E-state index in [2.05, 4.69) is 33.9 Å². The van der Waals surface area contributed by atoms with E-state index in [1.165, 1.54) is 78.0 Å². The van der Waals surface area contributed by atoms with Crippen molar-refractivity contribution in [3.05, 3.63) is 0 Å². The fraction of sp³-hybridized carbons (Fsp3) is 0.952. The van der Waals surface area contributed by atoms with Gasteiger partial charge in [0.15, 0.2) is 0 Å². The number of nitrogens with zero attached hydrogens (tertiary/aromatic N) is 3. The van der Waals surface area contributed by atoms with E-state index < -0.39 is 0 Å². The zero-order valence-electron chi connectivity index (χ0n) is 17.5. The summed E-state index contributed by atoms with van der Waals surface area (Å²) < 4.78 is 0. The summed E-state index contributed by atoms with van der Waals surface area (Å²) >= 11 is 0. The quantitative estimate of drug-likeness (QED) is 0.783. The Morgan fingerprint density at radius 2 is 1.46 bits per heavy atom. The summed E-state index contributed by atoms with van der Waals surface area (Å²) in [6, 6.07) is 1.13. The lowest BCUT2D eigenvalue weighted by atomic mass is 9.60. The molecule has 1 aliphatic carbocycles. The van der Waals surface area contributed by atoms with Crippen molar-refractivity contribution in [1.82, 2.24) is 20.0 Å². The van der Waals surface area contributed by atoms with Crippen LogP contribution in [0.4, 0.5) is 0 Å². The highest BCUT2D eigenvalue weighted by molar-refractivity contribution is 5.78. The minimum absolute atomic E-state index is 0.107. The van der Waals surface area contributed by atoms with Gasteiger partial charge in [0.2, 0.25) is 5.91 Å². The highest BCUT2D eigenvalue weighted by Gasteiger charge is 2.46. The molecule has 5 nitrogen and oxygen atoms in total. The second-order valence-corrected chi connectivity index (χ2v) is 9.58. The van der Waals surface area contributed by atoms with E-state index in [0.717, 1.165) is 0 Å². The van der Waals surface area contributed by atoms with Crippen molar-refractivity contribution in [2.45, 2.75) is 65.5 Å². The average molecular weight is 365 g/mol. The molecule has 1 spiro atoms. The van der Waals surface area contributed by atoms with Crippen LogP contribution in [0.1, 0.15) is 53.4 Å². The van der Waals surface area contributed by atoms with Crippen molar-refractivity contribution in [1.29, 1.82) is 0 Å². The number of likely N-dealkylation sites (tertiary alicyclic amines) is 1. The Morgan fingerprint density at radius 3 is 1.96 bits per heavy atom. The minimum Gasteiger partial charge on any atom is -0.353 e. The third-order valence-electron chi connectivity index (χ3n) is 7.02. The topological polar surface area (TPSA) is 38.8 Å². The number of amides is 1. The Labute approximate surface area is 160 Å². The monoisotopic (exact) mass is 364 g/mol. The molecule has 0 aromatic heterocycles. The summed E-state index contributed by atoms with van der Waals surface area (Å²) in [5.41, 5.74) is 0.536. The van der Waals surface area contributed by atoms with E-state index in [4.69, 9.17) is 0 Å². The number of hydrogen-bond acceptors (Lipinski definition) is 4. The van der Waals surface area contributed by atoms with Crippen LogP contribution in [0.25, 0.3) is 0 Å². The fourth-order valence-corrected chi connectivity index (χ4v) is 4.90. The smallest absolute Gasteiger partial charge is 0.222 e. The first-order chi connectivity index (χ1) is 12.4. The number of carbonyl (C=O) groups is 1. The molecule has 0 radical (unpaired) electrons. The van der Waals surface area contributed by atoms with E-state index in [-0.39, 0.29) is 11.8 Å². The summed E-state index contributed by atoms with van der Waals surface area (Å²) in [5, 5.41) is 3.21. The number of piperidine rings is 1. The molecule has 1 N–H and O–H groups in total. The number of carbonyl (C=O) groups excluding carboxylic acids is 1. The zero-order valence-corrected chi connectivity index (χ0v) is 17.5. The SMILES string of the molecule is CC(C)C(=O)NC1CC2(CCN(CCN3CCN(C(C)C)CC3)CC2)C1. The number of nitrogens with one attached hydrogen (secondary N) is 1. The molecular formula is C21H40N4O. The highest BCUT2D eigenvalue weighted by atomic mass is 16.1. The molecular weight excluding hydrogens is 324 g/mol. The van der Waals surface area contributed by atoms with Crippen LogP contribution in [0.3, 0.4) is 0 Å². The van der Waals surface area contributed by atoms with E-state index in [9.17, 15) is 4.79 Å². The van der Waals surface area contributed by atoms with Crippen LogP contribution in [0.2, 0.25) is 0 Å². The predicted octanol–water partition coefficient (Wildman–Crippen LogP) is 2.03. The molecule has 3 aliphatic rings. The molecule has 2 aliphatic heterocycles. The summed E-state index contributed by atoms with van der Waals surface area (Å²) in [5.74, 6) is 0.329. The summed E-state index contributed by atoms with van der Waals surface area (Å²) in [6.07, 6.45) is 5.05. The Balaban J connectivity index is 1.30. The fourth-order valence-electron chi connectivity index (χ4n) is 4.90. The Kier molecular flexibility index (Phi) is 6.63. The maximum atomic E-state index is 11.8. The van der Waals surface area contributed by atoms with Crippen molar-refractivity contribution < 1.29 is 4.79 Å². The summed E-state index contributed by atoms with van der Waals surface area (Å²) in [6.45, 7) is 18.4. The molecule has 0 bridgehead atoms. The van der Waals surface area contributed by atoms with Gasteiger partial charge in [-0.05, 0) is 58.0 Å². The van der Waals surface area contributed by atoms with E-state index in [1.807, 2.05) is 13.8 Å². The molecule has 0 aromatic rings. The van der Waals surface area contributed by atoms with Gasteiger partial charge in [0.1, 0.15) is 0 Å². The van der Waals surface area contributed by atoms with Crippen molar-refractivity contribution in [3.8, 4) is 0 Å². The lowest BCUT2D eigenvalue weighted by Gasteiger charge is -2.52. The molecule has 2 saturated heterocycles. The Bertz CT molecular complexity index is 455. The van der Waals surface area contributed by atoms with Gasteiger partial charge in [-0.1, -0.05) is 13.8 Å². The molecule has 26 heavy (non-hydrogen) atoms. The maximum Gasteiger partial charge on any atom is 0.222 e. The van der Waals surface area contributed by atoms with Crippen LogP contribution in [0, 0.1) is 11.3 Å². The molecule has 3 rings (SSSR count). The molecule has 5 heteroatoms. The molecule has 0 unspecified atom stereocenters. The van der Waals surface area contributed by atoms with Gasteiger partial charge in [-0.25, -0.2) is 0 Å². The molecule has 0 aromatic carbocycles. The van der Waals surface area contributed by atoms with Crippen LogP contribution in [0.5, 0.6) is 0 Å². The van der Waals surface area contributed by atoms with Crippen molar-refractivity contribution in [3.63, 3.8) is 0 Å². The van der Waals surface area contributed by atoms with Gasteiger partial charge < -0.3 is 10.2 Å². The van der Waals surface area contributed by atoms with Gasteiger partial charge in [0, 0.05) is 57.3 Å². The van der Waals surface area contributed by atoms with Crippen LogP contribution in [0.15, 0.2) is 0 Å². The van der Waals surface area contributed by atoms with Crippen LogP contribution in [-0.2, 0) is 4.79 Å². The van der Waals surface area contributed by atoms with Gasteiger partial charge in [-0.15, -0.1) is 0 Å². The first kappa shape index (κ1) is 20.1. The zero-order chi connectivity index (χ0) is 18.7. The van der Waals surface area contributed by atoms with Gasteiger partial charge in [0.25, 0.3) is 0 Å². The third-order valence-corrected chi connectivity index (χ3v) is 7.02. The van der Waals surface area contributed by atoms with E-state index in [1.54, 1.807) is 0 Å². The van der Waals surface area contributed by atoms with Gasteiger partial charge in [-0.3, -0.25) is 14.6 Å². The molecule has 150 valence electrons. The summed E-state index contributed by atoms with van der Waals surface area (Å²) in [4.78, 5) is 19.7. The van der Waals surface area contributed by atoms with Crippen molar-refractivity contribution in [2.24, 2.45) is 11.3 Å². The van der Waals surface area contributed by atoms with E-state index >= 15 is 0 Å². The standard InChI is InChI=1S/C21H40N4O/c1-17(2)20(26)22-19-15-21(16-19)5-7-23(8-6-21)9-10-24-11-13-25(14-12-24)18(3)4/h17-19H,5-16H2,1-4H3,(H,22,26). The summed E-state index contributed by atoms with van der Waals surface area (Å²) in [7, 11) is 0. The Hall–Kier alpha value is -0.650. The van der Waals surface area contributed by atoms with Gasteiger partial charge >= 0.3 is 0 Å². The second kappa shape index (κ2) is 8.57. The first-order valence-electron chi connectivity index (χ1n) is 10.9. The Morgan fingerprint density at radius 1 is 0.923 bits per heavy atom. The number of rotatable bonds is 6. The molecule has 3 fully saturated rings. The largest absolute Gasteiger partial charge is 0.353 e. The van der Waals surface area contributed by atoms with Crippen molar-refractivity contribution in [2.75, 3.05) is 52.4 Å². The minimum atomic E-state index is 0.107. The number of piperazine rings is 1. The van der Waals surface area contributed by atoms with E-state index in [0.29, 0.717) is 17.5 Å². The van der Waals surface area contributed by atoms with Gasteiger partial charge in [-0.2, -0.15) is 0 Å². The van der Waals surface area contributed by atoms with Crippen LogP contribution in [-0.4, -0.2) is 85.0 Å². The third kappa shape index (κ3) is 4.99. The first-order valence-corrected chi connectivity index (χ1v) is 10.9. The van der Waals surface area contributed by atoms with Crippen molar-refractivity contribution >= 4 is 5.91 Å². The highest BCUT2D eigenvalue weighted by Crippen LogP contribution is 2.49. The molecule has 1 saturated carbocycles. The molecule has 0 atom stereocenters. The molecule has 2 heterocycles.